The maximum absolute atomic E-state index is 11.7. The van der Waals surface area contributed by atoms with Crippen molar-refractivity contribution < 1.29 is 4.79 Å². The van der Waals surface area contributed by atoms with Crippen molar-refractivity contribution in [1.29, 1.82) is 0 Å². The van der Waals surface area contributed by atoms with Crippen LogP contribution in [0.25, 0.3) is 0 Å². The summed E-state index contributed by atoms with van der Waals surface area (Å²) in [6.45, 7) is 4.42. The van der Waals surface area contributed by atoms with Gasteiger partial charge in [0.1, 0.15) is 0 Å². The summed E-state index contributed by atoms with van der Waals surface area (Å²) in [6, 6.07) is 2.03. The summed E-state index contributed by atoms with van der Waals surface area (Å²) < 4.78 is 0. The molecule has 0 fully saturated rings. The third-order valence-corrected chi connectivity index (χ3v) is 3.02. The summed E-state index contributed by atoms with van der Waals surface area (Å²) in [6.07, 6.45) is 0.892. The summed E-state index contributed by atoms with van der Waals surface area (Å²) in [4.78, 5) is 12.5. The van der Waals surface area contributed by atoms with Crippen molar-refractivity contribution in [2.75, 3.05) is 6.54 Å². The number of thiophene rings is 1. The first kappa shape index (κ1) is 11.2. The van der Waals surface area contributed by atoms with E-state index in [2.05, 4.69) is 5.32 Å². The minimum Gasteiger partial charge on any atom is -0.348 e. The maximum Gasteiger partial charge on any atom is 0.261 e. The van der Waals surface area contributed by atoms with E-state index in [1.165, 1.54) is 11.3 Å². The fourth-order valence-electron chi connectivity index (χ4n) is 1.16. The molecule has 1 rings (SSSR count). The molecule has 0 saturated carbocycles. The fraction of sp³-hybridized carbons (Fsp3) is 0.500. The van der Waals surface area contributed by atoms with Gasteiger partial charge < -0.3 is 11.1 Å². The molecule has 1 heterocycles. The predicted octanol–water partition coefficient (Wildman–Crippen LogP) is 1.39. The second-order valence-electron chi connectivity index (χ2n) is 3.24. The molecule has 0 aliphatic carbocycles. The zero-order valence-electron chi connectivity index (χ0n) is 8.54. The standard InChI is InChI=1S/C10H16N2OS/c1-3-8-4-5-14-9(8)10(13)12-7(2)6-11/h4-5,7H,3,6,11H2,1-2H3,(H,12,13). The Morgan fingerprint density at radius 2 is 2.43 bits per heavy atom. The lowest BCUT2D eigenvalue weighted by Crippen LogP contribution is -2.37. The smallest absolute Gasteiger partial charge is 0.261 e. The van der Waals surface area contributed by atoms with E-state index in [9.17, 15) is 4.79 Å². The fourth-order valence-corrected chi connectivity index (χ4v) is 2.06. The molecular formula is C10H16N2OS. The highest BCUT2D eigenvalue weighted by Gasteiger charge is 2.13. The number of amides is 1. The average Bonchev–Trinajstić information content (AvgIpc) is 2.65. The molecule has 1 unspecified atom stereocenters. The van der Waals surface area contributed by atoms with Gasteiger partial charge in [0.25, 0.3) is 5.91 Å². The summed E-state index contributed by atoms with van der Waals surface area (Å²) >= 11 is 1.48. The van der Waals surface area contributed by atoms with E-state index in [0.717, 1.165) is 16.9 Å². The van der Waals surface area contributed by atoms with Crippen LogP contribution in [0.15, 0.2) is 11.4 Å². The first-order valence-corrected chi connectivity index (χ1v) is 5.64. The van der Waals surface area contributed by atoms with Gasteiger partial charge in [-0.05, 0) is 30.4 Å². The highest BCUT2D eigenvalue weighted by molar-refractivity contribution is 7.12. The number of carbonyl (C=O) groups excluding carboxylic acids is 1. The van der Waals surface area contributed by atoms with Crippen LogP contribution in [-0.2, 0) is 6.42 Å². The third kappa shape index (κ3) is 2.56. The van der Waals surface area contributed by atoms with Crippen molar-refractivity contribution in [1.82, 2.24) is 5.32 Å². The first-order chi connectivity index (χ1) is 6.69. The molecule has 0 aliphatic rings. The van der Waals surface area contributed by atoms with Crippen LogP contribution in [-0.4, -0.2) is 18.5 Å². The summed E-state index contributed by atoms with van der Waals surface area (Å²) in [7, 11) is 0. The van der Waals surface area contributed by atoms with E-state index in [4.69, 9.17) is 5.73 Å². The second kappa shape index (κ2) is 5.12. The number of hydrogen-bond donors (Lipinski definition) is 2. The Balaban J connectivity index is 2.69. The van der Waals surface area contributed by atoms with E-state index < -0.39 is 0 Å². The van der Waals surface area contributed by atoms with Gasteiger partial charge in [0, 0.05) is 12.6 Å². The normalized spacial score (nSPS) is 12.5. The summed E-state index contributed by atoms with van der Waals surface area (Å²) in [5.74, 6) is -0.00481. The molecule has 14 heavy (non-hydrogen) atoms. The minimum atomic E-state index is -0.00481. The van der Waals surface area contributed by atoms with Gasteiger partial charge in [0.2, 0.25) is 0 Å². The highest BCUT2D eigenvalue weighted by atomic mass is 32.1. The first-order valence-electron chi connectivity index (χ1n) is 4.76. The monoisotopic (exact) mass is 212 g/mol. The van der Waals surface area contributed by atoms with Crippen molar-refractivity contribution >= 4 is 17.2 Å². The quantitative estimate of drug-likeness (QED) is 0.792. The lowest BCUT2D eigenvalue weighted by Gasteiger charge is -2.10. The van der Waals surface area contributed by atoms with Gasteiger partial charge in [-0.15, -0.1) is 11.3 Å². The maximum atomic E-state index is 11.7. The number of rotatable bonds is 4. The van der Waals surface area contributed by atoms with E-state index in [0.29, 0.717) is 6.54 Å². The molecule has 1 atom stereocenters. The zero-order valence-corrected chi connectivity index (χ0v) is 9.36. The lowest BCUT2D eigenvalue weighted by atomic mass is 10.2. The number of carbonyl (C=O) groups is 1. The molecular weight excluding hydrogens is 196 g/mol. The molecule has 3 N–H and O–H groups in total. The average molecular weight is 212 g/mol. The highest BCUT2D eigenvalue weighted by Crippen LogP contribution is 2.17. The Morgan fingerprint density at radius 1 is 1.71 bits per heavy atom. The number of nitrogens with two attached hydrogens (primary N) is 1. The van der Waals surface area contributed by atoms with Crippen LogP contribution in [0.4, 0.5) is 0 Å². The van der Waals surface area contributed by atoms with Gasteiger partial charge in [-0.2, -0.15) is 0 Å². The Labute approximate surface area is 88.3 Å². The molecule has 0 aliphatic heterocycles. The molecule has 0 aromatic carbocycles. The number of aryl methyl sites for hydroxylation is 1. The van der Waals surface area contributed by atoms with Crippen LogP contribution in [0.2, 0.25) is 0 Å². The molecule has 1 aromatic heterocycles. The van der Waals surface area contributed by atoms with Crippen LogP contribution in [0, 0.1) is 0 Å². The van der Waals surface area contributed by atoms with Crippen LogP contribution >= 0.6 is 11.3 Å². The van der Waals surface area contributed by atoms with Crippen molar-refractivity contribution in [3.05, 3.63) is 21.9 Å². The topological polar surface area (TPSA) is 55.1 Å². The lowest BCUT2D eigenvalue weighted by molar-refractivity contribution is 0.0944. The van der Waals surface area contributed by atoms with Crippen molar-refractivity contribution in [3.63, 3.8) is 0 Å². The Hall–Kier alpha value is -0.870. The second-order valence-corrected chi connectivity index (χ2v) is 4.15. The molecule has 0 bridgehead atoms. The van der Waals surface area contributed by atoms with E-state index >= 15 is 0 Å². The van der Waals surface area contributed by atoms with E-state index in [-0.39, 0.29) is 11.9 Å². The van der Waals surface area contributed by atoms with E-state index in [1.54, 1.807) is 0 Å². The van der Waals surface area contributed by atoms with Crippen LogP contribution in [0.1, 0.15) is 29.1 Å². The van der Waals surface area contributed by atoms with Gasteiger partial charge >= 0.3 is 0 Å². The van der Waals surface area contributed by atoms with Gasteiger partial charge in [-0.3, -0.25) is 4.79 Å². The van der Waals surface area contributed by atoms with Gasteiger partial charge in [0.05, 0.1) is 4.88 Å². The molecule has 1 amide bonds. The SMILES string of the molecule is CCc1ccsc1C(=O)NC(C)CN. The zero-order chi connectivity index (χ0) is 10.6. The number of hydrogen-bond acceptors (Lipinski definition) is 3. The number of nitrogens with one attached hydrogen (secondary N) is 1. The van der Waals surface area contributed by atoms with Crippen LogP contribution < -0.4 is 11.1 Å². The van der Waals surface area contributed by atoms with E-state index in [1.807, 2.05) is 25.3 Å². The molecule has 0 radical (unpaired) electrons. The largest absolute Gasteiger partial charge is 0.348 e. The van der Waals surface area contributed by atoms with Gasteiger partial charge in [-0.1, -0.05) is 6.92 Å². The molecule has 1 aromatic rings. The summed E-state index contributed by atoms with van der Waals surface area (Å²) in [5, 5.41) is 4.80. The van der Waals surface area contributed by atoms with Crippen molar-refractivity contribution in [2.24, 2.45) is 5.73 Å². The molecule has 0 spiro atoms. The minimum absolute atomic E-state index is 0.00481. The molecule has 3 nitrogen and oxygen atoms in total. The van der Waals surface area contributed by atoms with Crippen LogP contribution in [0.5, 0.6) is 0 Å². The van der Waals surface area contributed by atoms with Crippen LogP contribution in [0.3, 0.4) is 0 Å². The van der Waals surface area contributed by atoms with Crippen molar-refractivity contribution in [3.8, 4) is 0 Å². The Morgan fingerprint density at radius 3 is 3.00 bits per heavy atom. The summed E-state index contributed by atoms with van der Waals surface area (Å²) in [5.41, 5.74) is 6.54. The Kier molecular flexibility index (Phi) is 4.10. The van der Waals surface area contributed by atoms with Gasteiger partial charge in [-0.25, -0.2) is 0 Å². The van der Waals surface area contributed by atoms with Gasteiger partial charge in [0.15, 0.2) is 0 Å². The van der Waals surface area contributed by atoms with Crippen molar-refractivity contribution in [2.45, 2.75) is 26.3 Å². The molecule has 4 heteroatoms. The molecule has 78 valence electrons. The Bertz CT molecular complexity index is 309. The molecule has 0 saturated heterocycles. The third-order valence-electron chi connectivity index (χ3n) is 2.06. The predicted molar refractivity (Wildman–Crippen MR) is 59.7 cm³/mol.